The number of nitrogens with zero attached hydrogens (tertiary/aromatic N) is 1. The van der Waals surface area contributed by atoms with Gasteiger partial charge in [-0.25, -0.2) is 0 Å². The molecule has 0 aliphatic rings. The maximum atomic E-state index is 12.7. The largest absolute Gasteiger partial charge is 0.308 e. The molecule has 0 unspecified atom stereocenters. The molecule has 0 spiro atoms. The monoisotopic (exact) mass is 279 g/mol. The summed E-state index contributed by atoms with van der Waals surface area (Å²) in [5.41, 5.74) is 1.58. The first-order valence-corrected chi connectivity index (χ1v) is 7.26. The van der Waals surface area contributed by atoms with Gasteiger partial charge in [0.15, 0.2) is 0 Å². The van der Waals surface area contributed by atoms with Crippen LogP contribution in [0.25, 0.3) is 21.7 Å². The molecule has 3 aromatic rings. The molecule has 2 aromatic carbocycles. The summed E-state index contributed by atoms with van der Waals surface area (Å²) in [6.45, 7) is 2.82. The lowest BCUT2D eigenvalue weighted by atomic mass is 10.0. The summed E-state index contributed by atoms with van der Waals surface area (Å²) in [5, 5.41) is 2.59. The van der Waals surface area contributed by atoms with Gasteiger partial charge in [0.1, 0.15) is 6.29 Å². The van der Waals surface area contributed by atoms with Crippen molar-refractivity contribution in [2.24, 2.45) is 0 Å². The molecule has 0 aliphatic heterocycles. The Bertz CT molecular complexity index is 877. The Hall–Kier alpha value is -2.42. The van der Waals surface area contributed by atoms with Crippen LogP contribution in [-0.2, 0) is 6.54 Å². The van der Waals surface area contributed by atoms with Gasteiger partial charge in [0, 0.05) is 22.9 Å². The van der Waals surface area contributed by atoms with Gasteiger partial charge in [0.2, 0.25) is 0 Å². The topological polar surface area (TPSA) is 39.1 Å². The molecule has 0 bridgehead atoms. The smallest absolute Gasteiger partial charge is 0.258 e. The van der Waals surface area contributed by atoms with Gasteiger partial charge in [-0.05, 0) is 36.1 Å². The van der Waals surface area contributed by atoms with Crippen molar-refractivity contribution in [3.63, 3.8) is 0 Å². The third-order valence-corrected chi connectivity index (χ3v) is 3.88. The first-order chi connectivity index (χ1) is 10.3. The molecule has 3 heteroatoms. The summed E-state index contributed by atoms with van der Waals surface area (Å²) in [7, 11) is 0. The van der Waals surface area contributed by atoms with Crippen molar-refractivity contribution in [3.8, 4) is 0 Å². The fourth-order valence-electron chi connectivity index (χ4n) is 2.78. The van der Waals surface area contributed by atoms with E-state index in [1.807, 2.05) is 41.0 Å². The average Bonchev–Trinajstić information content (AvgIpc) is 2.54. The second-order valence-electron chi connectivity index (χ2n) is 5.25. The molecule has 106 valence electrons. The van der Waals surface area contributed by atoms with E-state index in [-0.39, 0.29) is 5.56 Å². The lowest BCUT2D eigenvalue weighted by Crippen LogP contribution is -2.21. The van der Waals surface area contributed by atoms with Crippen LogP contribution in [0.2, 0.25) is 0 Å². The molecule has 3 nitrogen and oxygen atoms in total. The molecular formula is C18H17NO2. The van der Waals surface area contributed by atoms with Crippen molar-refractivity contribution in [2.75, 3.05) is 0 Å². The second kappa shape index (κ2) is 5.52. The number of carbonyl (C=O) groups is 1. The van der Waals surface area contributed by atoms with Crippen LogP contribution >= 0.6 is 0 Å². The molecule has 0 saturated heterocycles. The van der Waals surface area contributed by atoms with Crippen LogP contribution in [0.4, 0.5) is 0 Å². The van der Waals surface area contributed by atoms with Crippen LogP contribution in [0, 0.1) is 0 Å². The number of aldehydes is 1. The standard InChI is InChI=1S/C18H17NO2/c1-2-3-10-19-17-9-8-13(12-20)11-16(17)14-6-4-5-7-15(14)18(19)21/h4-9,11-12H,2-3,10H2,1H3. The number of hydrogen-bond donors (Lipinski definition) is 0. The van der Waals surface area contributed by atoms with Gasteiger partial charge in [-0.1, -0.05) is 31.5 Å². The molecule has 1 heterocycles. The highest BCUT2D eigenvalue weighted by atomic mass is 16.1. The average molecular weight is 279 g/mol. The zero-order valence-corrected chi connectivity index (χ0v) is 12.0. The summed E-state index contributed by atoms with van der Waals surface area (Å²) in [6, 6.07) is 13.1. The Balaban J connectivity index is 2.45. The Morgan fingerprint density at radius 3 is 2.52 bits per heavy atom. The van der Waals surface area contributed by atoms with Crippen LogP contribution in [-0.4, -0.2) is 10.9 Å². The zero-order chi connectivity index (χ0) is 14.8. The van der Waals surface area contributed by atoms with Crippen LogP contribution < -0.4 is 5.56 Å². The number of fused-ring (bicyclic) bond motifs is 3. The predicted octanol–water partition coefficient (Wildman–Crippen LogP) is 3.77. The van der Waals surface area contributed by atoms with Crippen molar-refractivity contribution >= 4 is 28.0 Å². The highest BCUT2D eigenvalue weighted by Gasteiger charge is 2.10. The molecule has 0 saturated carbocycles. The van der Waals surface area contributed by atoms with E-state index < -0.39 is 0 Å². The summed E-state index contributed by atoms with van der Waals surface area (Å²) >= 11 is 0. The fourth-order valence-corrected chi connectivity index (χ4v) is 2.78. The van der Waals surface area contributed by atoms with Gasteiger partial charge >= 0.3 is 0 Å². The third kappa shape index (κ3) is 2.25. The maximum Gasteiger partial charge on any atom is 0.258 e. The number of carbonyl (C=O) groups excluding carboxylic acids is 1. The second-order valence-corrected chi connectivity index (χ2v) is 5.25. The van der Waals surface area contributed by atoms with Gasteiger partial charge < -0.3 is 4.57 Å². The molecule has 0 aliphatic carbocycles. The lowest BCUT2D eigenvalue weighted by Gasteiger charge is -2.13. The van der Waals surface area contributed by atoms with Crippen molar-refractivity contribution in [3.05, 3.63) is 58.4 Å². The third-order valence-electron chi connectivity index (χ3n) is 3.88. The quantitative estimate of drug-likeness (QED) is 0.538. The zero-order valence-electron chi connectivity index (χ0n) is 12.0. The van der Waals surface area contributed by atoms with Crippen LogP contribution in [0.1, 0.15) is 30.1 Å². The number of benzene rings is 2. The van der Waals surface area contributed by atoms with Gasteiger partial charge in [-0.15, -0.1) is 0 Å². The number of hydrogen-bond acceptors (Lipinski definition) is 2. The van der Waals surface area contributed by atoms with E-state index in [4.69, 9.17) is 0 Å². The Kier molecular flexibility index (Phi) is 3.57. The predicted molar refractivity (Wildman–Crippen MR) is 86.0 cm³/mol. The van der Waals surface area contributed by atoms with Crippen LogP contribution in [0.15, 0.2) is 47.3 Å². The maximum absolute atomic E-state index is 12.7. The fraction of sp³-hybridized carbons (Fsp3) is 0.222. The summed E-state index contributed by atoms with van der Waals surface area (Å²) < 4.78 is 1.83. The highest BCUT2D eigenvalue weighted by molar-refractivity contribution is 6.06. The van der Waals surface area contributed by atoms with Crippen molar-refractivity contribution in [1.82, 2.24) is 4.57 Å². The summed E-state index contributed by atoms with van der Waals surface area (Å²) in [6.07, 6.45) is 2.84. The van der Waals surface area contributed by atoms with E-state index >= 15 is 0 Å². The number of rotatable bonds is 4. The molecular weight excluding hydrogens is 262 g/mol. The molecule has 0 amide bonds. The lowest BCUT2D eigenvalue weighted by molar-refractivity contribution is 0.112. The normalized spacial score (nSPS) is 11.1. The molecule has 0 atom stereocenters. The highest BCUT2D eigenvalue weighted by Crippen LogP contribution is 2.23. The van der Waals surface area contributed by atoms with E-state index in [9.17, 15) is 9.59 Å². The van der Waals surface area contributed by atoms with E-state index in [1.165, 1.54) is 0 Å². The Labute approximate surface area is 122 Å². The number of aryl methyl sites for hydroxylation is 1. The van der Waals surface area contributed by atoms with Crippen LogP contribution in [0.5, 0.6) is 0 Å². The molecule has 0 N–H and O–H groups in total. The first kappa shape index (κ1) is 13.6. The van der Waals surface area contributed by atoms with Crippen LogP contribution in [0.3, 0.4) is 0 Å². The molecule has 1 aromatic heterocycles. The Morgan fingerprint density at radius 1 is 1.05 bits per heavy atom. The van der Waals surface area contributed by atoms with E-state index in [2.05, 4.69) is 6.92 Å². The van der Waals surface area contributed by atoms with Crippen molar-refractivity contribution in [2.45, 2.75) is 26.3 Å². The summed E-state index contributed by atoms with van der Waals surface area (Å²) in [4.78, 5) is 23.7. The minimum atomic E-state index is 0.0467. The molecule has 0 radical (unpaired) electrons. The number of unbranched alkanes of at least 4 members (excludes halogenated alkanes) is 1. The first-order valence-electron chi connectivity index (χ1n) is 7.26. The molecule has 21 heavy (non-hydrogen) atoms. The van der Waals surface area contributed by atoms with Crippen molar-refractivity contribution < 1.29 is 4.79 Å². The van der Waals surface area contributed by atoms with E-state index in [0.717, 1.165) is 35.4 Å². The number of aromatic nitrogens is 1. The Morgan fingerprint density at radius 2 is 1.81 bits per heavy atom. The van der Waals surface area contributed by atoms with Crippen molar-refractivity contribution in [1.29, 1.82) is 0 Å². The SMILES string of the molecule is CCCCn1c(=O)c2ccccc2c2cc(C=O)ccc21. The van der Waals surface area contributed by atoms with E-state index in [0.29, 0.717) is 17.5 Å². The molecule has 0 fully saturated rings. The molecule has 3 rings (SSSR count). The van der Waals surface area contributed by atoms with Gasteiger partial charge in [-0.2, -0.15) is 0 Å². The number of pyridine rings is 1. The van der Waals surface area contributed by atoms with E-state index in [1.54, 1.807) is 6.07 Å². The van der Waals surface area contributed by atoms with Gasteiger partial charge in [0.05, 0.1) is 5.52 Å². The minimum Gasteiger partial charge on any atom is -0.308 e. The van der Waals surface area contributed by atoms with Gasteiger partial charge in [0.25, 0.3) is 5.56 Å². The van der Waals surface area contributed by atoms with Gasteiger partial charge in [-0.3, -0.25) is 9.59 Å². The summed E-state index contributed by atoms with van der Waals surface area (Å²) in [5.74, 6) is 0. The minimum absolute atomic E-state index is 0.0467.